The number of hydrogen-bond donors (Lipinski definition) is 1. The zero-order valence-electron chi connectivity index (χ0n) is 10.7. The average molecular weight is 320 g/mol. The highest BCUT2D eigenvalue weighted by Crippen LogP contribution is 2.29. The monoisotopic (exact) mass is 320 g/mol. The van der Waals surface area contributed by atoms with E-state index in [2.05, 4.69) is 25.9 Å². The Morgan fingerprint density at radius 2 is 2.05 bits per heavy atom. The lowest BCUT2D eigenvalue weighted by Crippen LogP contribution is -1.87. The van der Waals surface area contributed by atoms with Gasteiger partial charge in [0.2, 0.25) is 5.13 Å². The number of anilines is 2. The second-order valence-corrected chi connectivity index (χ2v) is 7.27. The molecule has 0 saturated carbocycles. The molecule has 2 aromatic heterocycles. The summed E-state index contributed by atoms with van der Waals surface area (Å²) in [6.45, 7) is 2.02. The molecular weight excluding hydrogens is 308 g/mol. The highest BCUT2D eigenvalue weighted by atomic mass is 32.2. The third kappa shape index (κ3) is 3.56. The molecule has 0 radical (unpaired) electrons. The highest BCUT2D eigenvalue weighted by molar-refractivity contribution is 8.00. The molecule has 0 unspecified atom stereocenters. The van der Waals surface area contributed by atoms with Gasteiger partial charge in [-0.25, -0.2) is 4.98 Å². The van der Waals surface area contributed by atoms with Crippen molar-refractivity contribution in [2.75, 3.05) is 5.32 Å². The molecule has 0 bridgehead atoms. The summed E-state index contributed by atoms with van der Waals surface area (Å²) in [4.78, 5) is 4.44. The Hall–Kier alpha value is -1.44. The summed E-state index contributed by atoms with van der Waals surface area (Å²) in [6, 6.07) is 9.98. The van der Waals surface area contributed by atoms with Gasteiger partial charge in [-0.3, -0.25) is 0 Å². The van der Waals surface area contributed by atoms with Gasteiger partial charge in [-0.1, -0.05) is 41.3 Å². The molecule has 0 atom stereocenters. The number of thiazole rings is 1. The second kappa shape index (κ2) is 6.34. The first-order valence-electron chi connectivity index (χ1n) is 5.99. The summed E-state index contributed by atoms with van der Waals surface area (Å²) < 4.78 is 0.953. The minimum Gasteiger partial charge on any atom is -0.330 e. The van der Waals surface area contributed by atoms with Gasteiger partial charge < -0.3 is 5.32 Å². The van der Waals surface area contributed by atoms with Gasteiger partial charge in [-0.15, -0.1) is 21.5 Å². The van der Waals surface area contributed by atoms with Crippen LogP contribution in [0.1, 0.15) is 10.7 Å². The van der Waals surface area contributed by atoms with Crippen molar-refractivity contribution in [3.8, 4) is 0 Å². The molecule has 0 aliphatic rings. The number of aryl methyl sites for hydroxylation is 1. The van der Waals surface area contributed by atoms with Gasteiger partial charge >= 0.3 is 0 Å². The average Bonchev–Trinajstić information content (AvgIpc) is 3.07. The number of benzene rings is 1. The van der Waals surface area contributed by atoms with Crippen LogP contribution in [0.2, 0.25) is 0 Å². The highest BCUT2D eigenvalue weighted by Gasteiger charge is 2.06. The molecule has 7 heteroatoms. The molecule has 1 aromatic carbocycles. The normalized spacial score (nSPS) is 10.7. The molecular formula is C13H12N4S3. The number of nitrogens with zero attached hydrogens (tertiary/aromatic N) is 3. The third-order valence-electron chi connectivity index (χ3n) is 2.44. The van der Waals surface area contributed by atoms with Crippen molar-refractivity contribution < 1.29 is 0 Å². The first-order valence-corrected chi connectivity index (χ1v) is 8.67. The molecule has 3 rings (SSSR count). The summed E-state index contributed by atoms with van der Waals surface area (Å²) in [5.41, 5.74) is 2.13. The van der Waals surface area contributed by atoms with E-state index in [4.69, 9.17) is 0 Å². The number of para-hydroxylation sites is 1. The molecule has 0 aliphatic heterocycles. The van der Waals surface area contributed by atoms with Crippen molar-refractivity contribution in [1.29, 1.82) is 0 Å². The topological polar surface area (TPSA) is 50.7 Å². The lowest BCUT2D eigenvalue weighted by molar-refractivity contribution is 1.01. The first-order chi connectivity index (χ1) is 9.79. The molecule has 4 nitrogen and oxygen atoms in total. The van der Waals surface area contributed by atoms with E-state index in [1.54, 1.807) is 34.4 Å². The molecule has 0 aliphatic carbocycles. The van der Waals surface area contributed by atoms with Gasteiger partial charge in [0.15, 0.2) is 4.34 Å². The van der Waals surface area contributed by atoms with E-state index >= 15 is 0 Å². The van der Waals surface area contributed by atoms with Crippen molar-refractivity contribution in [1.82, 2.24) is 15.2 Å². The molecule has 0 fully saturated rings. The van der Waals surface area contributed by atoms with Crippen molar-refractivity contribution in [2.45, 2.75) is 17.0 Å². The zero-order valence-corrected chi connectivity index (χ0v) is 13.2. The van der Waals surface area contributed by atoms with Gasteiger partial charge in [-0.2, -0.15) is 0 Å². The van der Waals surface area contributed by atoms with Crippen molar-refractivity contribution >= 4 is 45.3 Å². The van der Waals surface area contributed by atoms with Crippen LogP contribution < -0.4 is 5.32 Å². The van der Waals surface area contributed by atoms with Crippen LogP contribution in [0, 0.1) is 6.92 Å². The first kappa shape index (κ1) is 13.5. The molecule has 3 aromatic rings. The fourth-order valence-corrected chi connectivity index (χ4v) is 3.96. The minimum absolute atomic E-state index is 0.813. The number of nitrogens with one attached hydrogen (secondary N) is 1. The Balaban J connectivity index is 1.59. The molecule has 1 N–H and O–H groups in total. The maximum Gasteiger partial charge on any atom is 0.210 e. The Bertz CT molecular complexity index is 678. The summed E-state index contributed by atoms with van der Waals surface area (Å²) in [6.07, 6.45) is 0. The second-order valence-electron chi connectivity index (χ2n) is 4.01. The van der Waals surface area contributed by atoms with E-state index < -0.39 is 0 Å². The van der Waals surface area contributed by atoms with E-state index in [0.717, 1.165) is 31.6 Å². The maximum atomic E-state index is 4.44. The predicted molar refractivity (Wildman–Crippen MR) is 86.0 cm³/mol. The van der Waals surface area contributed by atoms with E-state index in [0.29, 0.717) is 0 Å². The number of aromatic nitrogens is 3. The molecule has 20 heavy (non-hydrogen) atoms. The summed E-state index contributed by atoms with van der Waals surface area (Å²) >= 11 is 4.90. The molecule has 102 valence electrons. The molecule has 0 saturated heterocycles. The van der Waals surface area contributed by atoms with Crippen molar-refractivity contribution in [3.63, 3.8) is 0 Å². The number of rotatable bonds is 5. The lowest BCUT2D eigenvalue weighted by atomic mass is 10.3. The van der Waals surface area contributed by atoms with Gasteiger partial charge in [0.25, 0.3) is 0 Å². The predicted octanol–water partition coefficient (Wildman–Crippen LogP) is 4.34. The van der Waals surface area contributed by atoms with E-state index in [-0.39, 0.29) is 0 Å². The zero-order chi connectivity index (χ0) is 13.8. The van der Waals surface area contributed by atoms with Crippen LogP contribution in [0.4, 0.5) is 10.8 Å². The Morgan fingerprint density at radius 3 is 2.80 bits per heavy atom. The van der Waals surface area contributed by atoms with Gasteiger partial charge in [0, 0.05) is 16.8 Å². The number of thioether (sulfide) groups is 1. The van der Waals surface area contributed by atoms with Crippen LogP contribution in [0.15, 0.2) is 40.1 Å². The smallest absolute Gasteiger partial charge is 0.210 e. The SMILES string of the molecule is Cc1nc(CSc2nnc(Nc3ccccc3)s2)cs1. The summed E-state index contributed by atoms with van der Waals surface area (Å²) in [5.74, 6) is 0.838. The van der Waals surface area contributed by atoms with Crippen LogP contribution in [0.5, 0.6) is 0 Å². The Kier molecular flexibility index (Phi) is 4.29. The van der Waals surface area contributed by atoms with E-state index in [1.165, 1.54) is 0 Å². The van der Waals surface area contributed by atoms with Gasteiger partial charge in [0.1, 0.15) is 0 Å². The lowest BCUT2D eigenvalue weighted by Gasteiger charge is -1.99. The molecule has 0 spiro atoms. The quantitative estimate of drug-likeness (QED) is 0.709. The Labute approximate surface area is 129 Å². The van der Waals surface area contributed by atoms with Crippen LogP contribution in [-0.4, -0.2) is 15.2 Å². The fourth-order valence-electron chi connectivity index (χ4n) is 1.57. The third-order valence-corrected chi connectivity index (χ3v) is 5.27. The van der Waals surface area contributed by atoms with E-state index in [1.807, 2.05) is 37.3 Å². The maximum absolute atomic E-state index is 4.44. The summed E-state index contributed by atoms with van der Waals surface area (Å²) in [5, 5.41) is 15.6. The largest absolute Gasteiger partial charge is 0.330 e. The minimum atomic E-state index is 0.813. The standard InChI is InChI=1S/C13H12N4S3/c1-9-14-11(7-18-9)8-19-13-17-16-12(20-13)15-10-5-3-2-4-6-10/h2-7H,8H2,1H3,(H,15,16). The van der Waals surface area contributed by atoms with Crippen molar-refractivity contribution in [3.05, 3.63) is 46.4 Å². The fraction of sp³-hybridized carbons (Fsp3) is 0.154. The van der Waals surface area contributed by atoms with Crippen LogP contribution in [-0.2, 0) is 5.75 Å². The number of hydrogen-bond acceptors (Lipinski definition) is 7. The van der Waals surface area contributed by atoms with E-state index in [9.17, 15) is 0 Å². The summed E-state index contributed by atoms with van der Waals surface area (Å²) in [7, 11) is 0. The van der Waals surface area contributed by atoms with Crippen molar-refractivity contribution in [2.24, 2.45) is 0 Å². The Morgan fingerprint density at radius 1 is 1.20 bits per heavy atom. The van der Waals surface area contributed by atoms with Gasteiger partial charge in [-0.05, 0) is 19.1 Å². The van der Waals surface area contributed by atoms with Crippen LogP contribution in [0.25, 0.3) is 0 Å². The molecule has 0 amide bonds. The molecule has 2 heterocycles. The van der Waals surface area contributed by atoms with Crippen LogP contribution in [0.3, 0.4) is 0 Å². The van der Waals surface area contributed by atoms with Gasteiger partial charge in [0.05, 0.1) is 10.7 Å². The van der Waals surface area contributed by atoms with Crippen LogP contribution >= 0.6 is 34.4 Å².